The summed E-state index contributed by atoms with van der Waals surface area (Å²) in [7, 11) is 0. The van der Waals surface area contributed by atoms with E-state index in [-0.39, 0.29) is 17.9 Å². The molecular formula is C18H23F3N2O2. The number of nitrogens with zero attached hydrogens (tertiary/aromatic N) is 1. The van der Waals surface area contributed by atoms with E-state index in [9.17, 15) is 22.8 Å². The molecule has 0 bridgehead atoms. The number of hydrogen-bond donors (Lipinski definition) is 1. The molecule has 1 aliphatic rings. The second kappa shape index (κ2) is 8.36. The Morgan fingerprint density at radius 3 is 2.28 bits per heavy atom. The van der Waals surface area contributed by atoms with Gasteiger partial charge in [0, 0.05) is 25.0 Å². The van der Waals surface area contributed by atoms with Crippen molar-refractivity contribution in [3.8, 4) is 0 Å². The highest BCUT2D eigenvalue weighted by Crippen LogP contribution is 2.19. The molecule has 1 fully saturated rings. The number of carbonyl (C=O) groups is 2. The Morgan fingerprint density at radius 1 is 1.12 bits per heavy atom. The molecule has 2 rings (SSSR count). The summed E-state index contributed by atoms with van der Waals surface area (Å²) >= 11 is 0. The molecule has 1 saturated heterocycles. The van der Waals surface area contributed by atoms with Crippen molar-refractivity contribution in [2.75, 3.05) is 13.1 Å². The van der Waals surface area contributed by atoms with Crippen molar-refractivity contribution in [1.29, 1.82) is 0 Å². The summed E-state index contributed by atoms with van der Waals surface area (Å²) in [6.07, 6.45) is 2.68. The minimum absolute atomic E-state index is 0.0161. The van der Waals surface area contributed by atoms with Crippen LogP contribution in [-0.2, 0) is 4.79 Å². The normalized spacial score (nSPS) is 15.5. The van der Waals surface area contributed by atoms with Crippen LogP contribution in [-0.4, -0.2) is 35.8 Å². The van der Waals surface area contributed by atoms with Crippen LogP contribution in [0.2, 0.25) is 0 Å². The number of amides is 2. The number of likely N-dealkylation sites (tertiary alicyclic amines) is 1. The van der Waals surface area contributed by atoms with Crippen LogP contribution in [0.4, 0.5) is 13.2 Å². The van der Waals surface area contributed by atoms with Gasteiger partial charge in [0.25, 0.3) is 5.91 Å². The maximum absolute atomic E-state index is 13.7. The van der Waals surface area contributed by atoms with Crippen LogP contribution in [0.15, 0.2) is 12.1 Å². The van der Waals surface area contributed by atoms with Crippen molar-refractivity contribution in [3.05, 3.63) is 35.1 Å². The minimum atomic E-state index is -1.65. The maximum Gasteiger partial charge on any atom is 0.254 e. The van der Waals surface area contributed by atoms with Gasteiger partial charge in [-0.3, -0.25) is 9.59 Å². The molecule has 7 heteroatoms. The first-order valence-electron chi connectivity index (χ1n) is 8.62. The molecule has 1 aliphatic heterocycles. The number of benzene rings is 1. The molecule has 0 radical (unpaired) electrons. The van der Waals surface area contributed by atoms with Crippen molar-refractivity contribution in [1.82, 2.24) is 10.2 Å². The Bertz CT molecular complexity index is 639. The van der Waals surface area contributed by atoms with E-state index in [0.717, 1.165) is 25.0 Å². The van der Waals surface area contributed by atoms with Gasteiger partial charge >= 0.3 is 0 Å². The van der Waals surface area contributed by atoms with Gasteiger partial charge < -0.3 is 10.2 Å². The van der Waals surface area contributed by atoms with Crippen molar-refractivity contribution in [3.63, 3.8) is 0 Å². The quantitative estimate of drug-likeness (QED) is 0.824. The molecule has 0 atom stereocenters. The van der Waals surface area contributed by atoms with Crippen LogP contribution in [0.1, 0.15) is 49.9 Å². The number of hydrogen-bond acceptors (Lipinski definition) is 2. The Labute approximate surface area is 145 Å². The standard InChI is InChI=1S/C18H23F3N2O2/c1-3-11(4-2)18(25)23-9-7-12(8-10-23)22-17(24)13-5-6-14(19)16(21)15(13)20/h5-6,11-12H,3-4,7-10H2,1-2H3,(H,22,24). The van der Waals surface area contributed by atoms with Gasteiger partial charge in [0.1, 0.15) is 0 Å². The van der Waals surface area contributed by atoms with E-state index in [1.807, 2.05) is 13.8 Å². The van der Waals surface area contributed by atoms with Crippen LogP contribution >= 0.6 is 0 Å². The summed E-state index contributed by atoms with van der Waals surface area (Å²) in [5, 5.41) is 2.63. The van der Waals surface area contributed by atoms with E-state index >= 15 is 0 Å². The van der Waals surface area contributed by atoms with E-state index in [4.69, 9.17) is 0 Å². The second-order valence-corrected chi connectivity index (χ2v) is 6.31. The highest BCUT2D eigenvalue weighted by Gasteiger charge is 2.28. The van der Waals surface area contributed by atoms with Crippen molar-refractivity contribution >= 4 is 11.8 Å². The molecule has 2 amide bonds. The summed E-state index contributed by atoms with van der Waals surface area (Å²) in [4.78, 5) is 26.2. The van der Waals surface area contributed by atoms with Crippen molar-refractivity contribution in [2.45, 2.75) is 45.6 Å². The zero-order valence-electron chi connectivity index (χ0n) is 14.4. The SMILES string of the molecule is CCC(CC)C(=O)N1CCC(NC(=O)c2ccc(F)c(F)c2F)CC1. The zero-order valence-corrected chi connectivity index (χ0v) is 14.4. The lowest BCUT2D eigenvalue weighted by Gasteiger charge is -2.34. The van der Waals surface area contributed by atoms with Crippen LogP contribution in [0.3, 0.4) is 0 Å². The van der Waals surface area contributed by atoms with E-state index in [1.165, 1.54) is 0 Å². The van der Waals surface area contributed by atoms with Gasteiger partial charge in [-0.2, -0.15) is 0 Å². The van der Waals surface area contributed by atoms with E-state index < -0.39 is 28.9 Å². The zero-order chi connectivity index (χ0) is 18.6. The topological polar surface area (TPSA) is 49.4 Å². The number of piperidine rings is 1. The first kappa shape index (κ1) is 19.3. The van der Waals surface area contributed by atoms with Gasteiger partial charge in [0.05, 0.1) is 5.56 Å². The summed E-state index contributed by atoms with van der Waals surface area (Å²) in [6.45, 7) is 4.99. The van der Waals surface area contributed by atoms with Gasteiger partial charge in [-0.25, -0.2) is 13.2 Å². The fourth-order valence-corrected chi connectivity index (χ4v) is 3.10. The lowest BCUT2D eigenvalue weighted by atomic mass is 9.98. The highest BCUT2D eigenvalue weighted by molar-refractivity contribution is 5.94. The summed E-state index contributed by atoms with van der Waals surface area (Å²) in [5.41, 5.74) is -0.519. The molecule has 0 aliphatic carbocycles. The molecule has 0 spiro atoms. The van der Waals surface area contributed by atoms with Gasteiger partial charge in [-0.05, 0) is 37.8 Å². The molecule has 0 unspecified atom stereocenters. The highest BCUT2D eigenvalue weighted by atomic mass is 19.2. The molecule has 1 heterocycles. The average molecular weight is 356 g/mol. The lowest BCUT2D eigenvalue weighted by molar-refractivity contribution is -0.136. The minimum Gasteiger partial charge on any atom is -0.349 e. The Hall–Kier alpha value is -2.05. The van der Waals surface area contributed by atoms with E-state index in [2.05, 4.69) is 5.32 Å². The Morgan fingerprint density at radius 2 is 1.72 bits per heavy atom. The summed E-state index contributed by atoms with van der Waals surface area (Å²) in [5.74, 6) is -5.11. The number of carbonyl (C=O) groups excluding carboxylic acids is 2. The number of rotatable bonds is 5. The third kappa shape index (κ3) is 4.32. The monoisotopic (exact) mass is 356 g/mol. The Kier molecular flexibility index (Phi) is 6.45. The van der Waals surface area contributed by atoms with Crippen molar-refractivity contribution in [2.24, 2.45) is 5.92 Å². The van der Waals surface area contributed by atoms with Gasteiger partial charge in [-0.1, -0.05) is 13.8 Å². The molecule has 138 valence electrons. The van der Waals surface area contributed by atoms with Gasteiger partial charge in [-0.15, -0.1) is 0 Å². The summed E-state index contributed by atoms with van der Waals surface area (Å²) < 4.78 is 39.9. The number of nitrogens with one attached hydrogen (secondary N) is 1. The molecule has 1 aromatic carbocycles. The second-order valence-electron chi connectivity index (χ2n) is 6.31. The maximum atomic E-state index is 13.7. The van der Waals surface area contributed by atoms with Crippen LogP contribution in [0, 0.1) is 23.4 Å². The first-order valence-corrected chi connectivity index (χ1v) is 8.62. The Balaban J connectivity index is 1.93. The van der Waals surface area contributed by atoms with Gasteiger partial charge in [0.15, 0.2) is 17.5 Å². The molecule has 0 saturated carbocycles. The fourth-order valence-electron chi connectivity index (χ4n) is 3.10. The third-order valence-corrected chi connectivity index (χ3v) is 4.76. The first-order chi connectivity index (χ1) is 11.9. The molecule has 4 nitrogen and oxygen atoms in total. The fraction of sp³-hybridized carbons (Fsp3) is 0.556. The van der Waals surface area contributed by atoms with Crippen LogP contribution in [0.25, 0.3) is 0 Å². The third-order valence-electron chi connectivity index (χ3n) is 4.76. The van der Waals surface area contributed by atoms with Gasteiger partial charge in [0.2, 0.25) is 5.91 Å². The molecule has 25 heavy (non-hydrogen) atoms. The predicted molar refractivity (Wildman–Crippen MR) is 87.5 cm³/mol. The lowest BCUT2D eigenvalue weighted by Crippen LogP contribution is -2.48. The smallest absolute Gasteiger partial charge is 0.254 e. The predicted octanol–water partition coefficient (Wildman–Crippen LogP) is 3.26. The average Bonchev–Trinajstić information content (AvgIpc) is 2.61. The summed E-state index contributed by atoms with van der Waals surface area (Å²) in [6, 6.07) is 1.42. The van der Waals surface area contributed by atoms with Crippen LogP contribution < -0.4 is 5.32 Å². The van der Waals surface area contributed by atoms with E-state index in [1.54, 1.807) is 4.90 Å². The molecule has 1 N–H and O–H groups in total. The van der Waals surface area contributed by atoms with Crippen LogP contribution in [0.5, 0.6) is 0 Å². The van der Waals surface area contributed by atoms with Crippen molar-refractivity contribution < 1.29 is 22.8 Å². The molecule has 0 aromatic heterocycles. The molecule has 1 aromatic rings. The van der Waals surface area contributed by atoms with E-state index in [0.29, 0.717) is 25.9 Å². The molecular weight excluding hydrogens is 333 g/mol. The largest absolute Gasteiger partial charge is 0.349 e. The number of halogens is 3.